The minimum atomic E-state index is -0.312. The van der Waals surface area contributed by atoms with Gasteiger partial charge >= 0.3 is 0 Å². The number of carbonyl (C=O) groups excluding carboxylic acids is 1. The van der Waals surface area contributed by atoms with Crippen molar-refractivity contribution in [3.05, 3.63) is 53.0 Å². The van der Waals surface area contributed by atoms with E-state index in [4.69, 9.17) is 4.42 Å². The van der Waals surface area contributed by atoms with E-state index in [1.54, 1.807) is 25.1 Å². The van der Waals surface area contributed by atoms with Gasteiger partial charge in [-0.25, -0.2) is 5.43 Å². The van der Waals surface area contributed by atoms with Gasteiger partial charge in [-0.1, -0.05) is 13.8 Å². The van der Waals surface area contributed by atoms with E-state index in [-0.39, 0.29) is 11.7 Å². The van der Waals surface area contributed by atoms with Gasteiger partial charge in [0.1, 0.15) is 11.5 Å². The fraction of sp³-hybridized carbons (Fsp3) is 0.368. The van der Waals surface area contributed by atoms with E-state index in [1.807, 2.05) is 13.0 Å². The summed E-state index contributed by atoms with van der Waals surface area (Å²) in [7, 11) is 0. The minimum absolute atomic E-state index is 0.265. The first-order chi connectivity index (χ1) is 12.0. The van der Waals surface area contributed by atoms with Gasteiger partial charge < -0.3 is 9.52 Å². The molecule has 0 atom stereocenters. The quantitative estimate of drug-likeness (QED) is 0.597. The average Bonchev–Trinajstić information content (AvgIpc) is 3.04. The maximum absolute atomic E-state index is 12.1. The van der Waals surface area contributed by atoms with E-state index in [9.17, 15) is 9.90 Å². The zero-order chi connectivity index (χ0) is 18.4. The Bertz CT molecular complexity index is 761. The van der Waals surface area contributed by atoms with Crippen LogP contribution in [0.15, 0.2) is 40.0 Å². The number of hydrogen-bond donors (Lipinski definition) is 2. The molecule has 0 aliphatic rings. The number of hydrazone groups is 1. The summed E-state index contributed by atoms with van der Waals surface area (Å²) >= 11 is 0. The number of phenols is 1. The molecule has 1 amide bonds. The summed E-state index contributed by atoms with van der Waals surface area (Å²) in [6.07, 6.45) is 1.47. The molecule has 6 heteroatoms. The van der Waals surface area contributed by atoms with Crippen molar-refractivity contribution in [2.24, 2.45) is 5.10 Å². The number of nitrogens with one attached hydrogen (secondary N) is 1. The van der Waals surface area contributed by atoms with Gasteiger partial charge in [-0.2, -0.15) is 5.10 Å². The molecule has 25 heavy (non-hydrogen) atoms. The summed E-state index contributed by atoms with van der Waals surface area (Å²) in [5, 5.41) is 14.2. The normalized spacial score (nSPS) is 11.8. The molecule has 0 bridgehead atoms. The predicted molar refractivity (Wildman–Crippen MR) is 97.9 cm³/mol. The lowest BCUT2D eigenvalue weighted by Gasteiger charge is -2.19. The lowest BCUT2D eigenvalue weighted by atomic mass is 10.1. The van der Waals surface area contributed by atoms with Crippen LogP contribution in [-0.4, -0.2) is 34.7 Å². The maximum Gasteiger partial charge on any atom is 0.274 e. The molecular formula is C19H25N3O3. The van der Waals surface area contributed by atoms with Crippen LogP contribution in [0, 0.1) is 6.92 Å². The number of benzene rings is 1. The monoisotopic (exact) mass is 343 g/mol. The molecule has 0 radical (unpaired) electrons. The second-order valence-electron chi connectivity index (χ2n) is 5.83. The lowest BCUT2D eigenvalue weighted by Crippen LogP contribution is -2.22. The van der Waals surface area contributed by atoms with E-state index in [2.05, 4.69) is 29.3 Å². The number of aromatic hydroxyl groups is 1. The molecule has 0 fully saturated rings. The molecule has 0 saturated heterocycles. The molecule has 1 aromatic heterocycles. The molecule has 0 unspecified atom stereocenters. The van der Waals surface area contributed by atoms with Crippen molar-refractivity contribution >= 4 is 11.6 Å². The molecule has 2 rings (SSSR count). The minimum Gasteiger partial charge on any atom is -0.508 e. The zero-order valence-corrected chi connectivity index (χ0v) is 15.2. The number of aryl methyl sites for hydroxylation is 1. The summed E-state index contributed by atoms with van der Waals surface area (Å²) in [5.74, 6) is 0.505. The van der Waals surface area contributed by atoms with E-state index < -0.39 is 0 Å². The first kappa shape index (κ1) is 18.7. The molecule has 0 saturated carbocycles. The zero-order valence-electron chi connectivity index (χ0n) is 15.2. The van der Waals surface area contributed by atoms with E-state index in [1.165, 1.54) is 6.26 Å². The Labute approximate surface area is 148 Å². The molecule has 0 aliphatic heterocycles. The molecule has 2 aromatic rings. The van der Waals surface area contributed by atoms with Crippen molar-refractivity contribution < 1.29 is 14.3 Å². The third kappa shape index (κ3) is 4.70. The predicted octanol–water partition coefficient (Wildman–Crippen LogP) is 3.29. The highest BCUT2D eigenvalue weighted by molar-refractivity contribution is 6.01. The summed E-state index contributed by atoms with van der Waals surface area (Å²) in [5.41, 5.74) is 5.35. The Balaban J connectivity index is 2.14. The second kappa shape index (κ2) is 8.48. The van der Waals surface area contributed by atoms with Gasteiger partial charge in [0.2, 0.25) is 0 Å². The Hall–Kier alpha value is -2.60. The van der Waals surface area contributed by atoms with Crippen LogP contribution in [0.2, 0.25) is 0 Å². The van der Waals surface area contributed by atoms with Crippen LogP contribution in [-0.2, 0) is 6.54 Å². The smallest absolute Gasteiger partial charge is 0.274 e. The molecule has 1 aromatic carbocycles. The Morgan fingerprint density at radius 2 is 2.00 bits per heavy atom. The van der Waals surface area contributed by atoms with Crippen LogP contribution < -0.4 is 5.43 Å². The molecular weight excluding hydrogens is 318 g/mol. The Kier molecular flexibility index (Phi) is 6.36. The third-order valence-electron chi connectivity index (χ3n) is 4.21. The highest BCUT2D eigenvalue weighted by Crippen LogP contribution is 2.21. The van der Waals surface area contributed by atoms with Gasteiger partial charge in [0, 0.05) is 12.1 Å². The van der Waals surface area contributed by atoms with E-state index >= 15 is 0 Å². The van der Waals surface area contributed by atoms with Crippen LogP contribution in [0.5, 0.6) is 5.75 Å². The summed E-state index contributed by atoms with van der Waals surface area (Å²) in [4.78, 5) is 14.3. The molecule has 0 aliphatic carbocycles. The fourth-order valence-corrected chi connectivity index (χ4v) is 2.51. The highest BCUT2D eigenvalue weighted by atomic mass is 16.3. The maximum atomic E-state index is 12.1. The van der Waals surface area contributed by atoms with Crippen LogP contribution >= 0.6 is 0 Å². The van der Waals surface area contributed by atoms with Gasteiger partial charge in [-0.05, 0) is 56.8 Å². The van der Waals surface area contributed by atoms with Crippen molar-refractivity contribution in [1.82, 2.24) is 10.3 Å². The topological polar surface area (TPSA) is 78.1 Å². The number of rotatable bonds is 7. The number of nitrogens with zero attached hydrogens (tertiary/aromatic N) is 2. The molecule has 6 nitrogen and oxygen atoms in total. The van der Waals surface area contributed by atoms with Gasteiger partial charge in [0.25, 0.3) is 5.91 Å². The third-order valence-corrected chi connectivity index (χ3v) is 4.21. The van der Waals surface area contributed by atoms with Crippen molar-refractivity contribution in [3.8, 4) is 5.75 Å². The van der Waals surface area contributed by atoms with Crippen molar-refractivity contribution in [1.29, 1.82) is 0 Å². The number of carbonyl (C=O) groups is 1. The summed E-state index contributed by atoms with van der Waals surface area (Å²) in [6, 6.07) is 6.96. The summed E-state index contributed by atoms with van der Waals surface area (Å²) in [6.45, 7) is 10.2. The van der Waals surface area contributed by atoms with E-state index in [0.717, 1.165) is 24.2 Å². The highest BCUT2D eigenvalue weighted by Gasteiger charge is 2.12. The van der Waals surface area contributed by atoms with Crippen LogP contribution in [0.4, 0.5) is 0 Å². The van der Waals surface area contributed by atoms with Gasteiger partial charge in [-0.15, -0.1) is 0 Å². The lowest BCUT2D eigenvalue weighted by molar-refractivity contribution is 0.0953. The molecule has 0 spiro atoms. The SMILES string of the molecule is CCN(CC)Cc1cc(/C(C)=N/NC(=O)c2ccoc2C)ccc1O. The van der Waals surface area contributed by atoms with Crippen LogP contribution in [0.3, 0.4) is 0 Å². The van der Waals surface area contributed by atoms with Crippen molar-refractivity contribution in [3.63, 3.8) is 0 Å². The Morgan fingerprint density at radius 1 is 1.28 bits per heavy atom. The first-order valence-corrected chi connectivity index (χ1v) is 8.39. The second-order valence-corrected chi connectivity index (χ2v) is 5.83. The number of furan rings is 1. The molecule has 2 N–H and O–H groups in total. The van der Waals surface area contributed by atoms with E-state index in [0.29, 0.717) is 23.6 Å². The largest absolute Gasteiger partial charge is 0.508 e. The average molecular weight is 343 g/mol. The standard InChI is InChI=1S/C19H25N3O3/c1-5-22(6-2)12-16-11-15(7-8-18(16)23)13(3)20-21-19(24)17-9-10-25-14(17)4/h7-11,23H,5-6,12H2,1-4H3,(H,21,24)/b20-13+. The van der Waals surface area contributed by atoms with Gasteiger partial charge in [0.05, 0.1) is 17.5 Å². The van der Waals surface area contributed by atoms with Crippen LogP contribution in [0.1, 0.15) is 48.0 Å². The first-order valence-electron chi connectivity index (χ1n) is 8.39. The van der Waals surface area contributed by atoms with Crippen LogP contribution in [0.25, 0.3) is 0 Å². The number of phenolic OH excluding ortho intramolecular Hbond substituents is 1. The number of amides is 1. The van der Waals surface area contributed by atoms with Gasteiger partial charge in [-0.3, -0.25) is 9.69 Å². The number of hydrogen-bond acceptors (Lipinski definition) is 5. The Morgan fingerprint density at radius 3 is 2.60 bits per heavy atom. The van der Waals surface area contributed by atoms with Gasteiger partial charge in [0.15, 0.2) is 0 Å². The molecule has 134 valence electrons. The summed E-state index contributed by atoms with van der Waals surface area (Å²) < 4.78 is 5.12. The molecule has 1 heterocycles. The fourth-order valence-electron chi connectivity index (χ4n) is 2.51. The van der Waals surface area contributed by atoms with Crippen molar-refractivity contribution in [2.45, 2.75) is 34.2 Å². The van der Waals surface area contributed by atoms with Crippen molar-refractivity contribution in [2.75, 3.05) is 13.1 Å².